The predicted molar refractivity (Wildman–Crippen MR) is 100 cm³/mol. The van der Waals surface area contributed by atoms with Gasteiger partial charge in [-0.3, -0.25) is 0 Å². The van der Waals surface area contributed by atoms with Crippen LogP contribution in [0.25, 0.3) is 0 Å². The minimum absolute atomic E-state index is 0.294. The molecule has 2 unspecified atom stereocenters. The Bertz CT molecular complexity index is 331. The summed E-state index contributed by atoms with van der Waals surface area (Å²) >= 11 is 1.94. The summed E-state index contributed by atoms with van der Waals surface area (Å²) in [6.07, 6.45) is 10.8. The summed E-state index contributed by atoms with van der Waals surface area (Å²) in [5, 5.41) is 6.63. The Morgan fingerprint density at radius 3 is 2.61 bits per heavy atom. The number of carbonyl (C=O) groups is 1. The van der Waals surface area contributed by atoms with Crippen molar-refractivity contribution in [2.24, 2.45) is 5.92 Å². The molecule has 1 saturated carbocycles. The van der Waals surface area contributed by atoms with Crippen LogP contribution in [-0.4, -0.2) is 42.8 Å². The van der Waals surface area contributed by atoms with E-state index in [1.165, 1.54) is 50.7 Å². The van der Waals surface area contributed by atoms with Crippen molar-refractivity contribution in [2.45, 2.75) is 77.4 Å². The van der Waals surface area contributed by atoms with Crippen LogP contribution in [0, 0.1) is 5.92 Å². The maximum atomic E-state index is 11.8. The molecule has 0 aromatic carbocycles. The molecule has 0 aliphatic heterocycles. The normalized spacial score (nSPS) is 21.4. The SMILES string of the molecule is CSCCCCCCNC1CCCC1CNC(=O)OC(C)(C)C. The number of carbonyl (C=O) groups excluding carboxylic acids is 1. The van der Waals surface area contributed by atoms with Gasteiger partial charge in [-0.25, -0.2) is 4.79 Å². The number of unbranched alkanes of at least 4 members (excludes halogenated alkanes) is 3. The van der Waals surface area contributed by atoms with E-state index in [-0.39, 0.29) is 6.09 Å². The zero-order chi connectivity index (χ0) is 17.1. The molecular formula is C18H36N2O2S. The van der Waals surface area contributed by atoms with Crippen molar-refractivity contribution >= 4 is 17.9 Å². The Hall–Kier alpha value is -0.420. The molecule has 5 heteroatoms. The molecule has 1 rings (SSSR count). The van der Waals surface area contributed by atoms with Crippen molar-refractivity contribution in [1.82, 2.24) is 10.6 Å². The zero-order valence-corrected chi connectivity index (χ0v) is 16.3. The van der Waals surface area contributed by atoms with Crippen LogP contribution < -0.4 is 10.6 Å². The average Bonchev–Trinajstić information content (AvgIpc) is 2.90. The highest BCUT2D eigenvalue weighted by Crippen LogP contribution is 2.25. The third-order valence-electron chi connectivity index (χ3n) is 4.25. The Kier molecular flexibility index (Phi) is 10.0. The second-order valence-corrected chi connectivity index (χ2v) is 8.53. The van der Waals surface area contributed by atoms with Crippen LogP contribution in [0.2, 0.25) is 0 Å². The smallest absolute Gasteiger partial charge is 0.407 e. The lowest BCUT2D eigenvalue weighted by Gasteiger charge is -2.23. The van der Waals surface area contributed by atoms with Gasteiger partial charge >= 0.3 is 6.09 Å². The molecule has 0 radical (unpaired) electrons. The molecule has 1 aliphatic carbocycles. The minimum Gasteiger partial charge on any atom is -0.444 e. The van der Waals surface area contributed by atoms with Crippen LogP contribution >= 0.6 is 11.8 Å². The minimum atomic E-state index is -0.423. The fourth-order valence-electron chi connectivity index (χ4n) is 3.09. The fourth-order valence-corrected chi connectivity index (χ4v) is 3.58. The highest BCUT2D eigenvalue weighted by Gasteiger charge is 2.27. The van der Waals surface area contributed by atoms with Gasteiger partial charge in [0.25, 0.3) is 0 Å². The standard InChI is InChI=1S/C18H36N2O2S/c1-18(2,3)22-17(21)20-14-15-10-9-11-16(15)19-12-7-5-6-8-13-23-4/h15-16,19H,5-14H2,1-4H3,(H,20,21). The number of rotatable bonds is 10. The second kappa shape index (κ2) is 11.2. The van der Waals surface area contributed by atoms with Gasteiger partial charge in [-0.1, -0.05) is 19.3 Å². The van der Waals surface area contributed by atoms with E-state index in [0.717, 1.165) is 13.1 Å². The summed E-state index contributed by atoms with van der Waals surface area (Å²) in [4.78, 5) is 11.8. The van der Waals surface area contributed by atoms with Crippen LogP contribution in [-0.2, 0) is 4.74 Å². The molecular weight excluding hydrogens is 308 g/mol. The molecule has 1 amide bonds. The van der Waals surface area contributed by atoms with Gasteiger partial charge in [0.1, 0.15) is 5.60 Å². The Labute approximate surface area is 146 Å². The lowest BCUT2D eigenvalue weighted by Crippen LogP contribution is -2.41. The van der Waals surface area contributed by atoms with E-state index in [1.807, 2.05) is 32.5 Å². The molecule has 0 heterocycles. The van der Waals surface area contributed by atoms with Crippen LogP contribution in [0.3, 0.4) is 0 Å². The molecule has 0 aromatic heterocycles. The number of alkyl carbamates (subject to hydrolysis) is 1. The van der Waals surface area contributed by atoms with E-state index >= 15 is 0 Å². The first kappa shape index (κ1) is 20.6. The third kappa shape index (κ3) is 10.1. The van der Waals surface area contributed by atoms with Crippen LogP contribution in [0.1, 0.15) is 65.7 Å². The fraction of sp³-hybridized carbons (Fsp3) is 0.944. The van der Waals surface area contributed by atoms with Crippen LogP contribution in [0.5, 0.6) is 0 Å². The van der Waals surface area contributed by atoms with Crippen molar-refractivity contribution in [3.8, 4) is 0 Å². The maximum Gasteiger partial charge on any atom is 0.407 e. The van der Waals surface area contributed by atoms with E-state index in [1.54, 1.807) is 0 Å². The van der Waals surface area contributed by atoms with Crippen molar-refractivity contribution in [3.05, 3.63) is 0 Å². The number of hydrogen-bond acceptors (Lipinski definition) is 4. The summed E-state index contributed by atoms with van der Waals surface area (Å²) < 4.78 is 5.31. The van der Waals surface area contributed by atoms with Gasteiger partial charge in [0.2, 0.25) is 0 Å². The maximum absolute atomic E-state index is 11.8. The van der Waals surface area contributed by atoms with Gasteiger partial charge in [-0.2, -0.15) is 11.8 Å². The highest BCUT2D eigenvalue weighted by atomic mass is 32.2. The van der Waals surface area contributed by atoms with E-state index in [9.17, 15) is 4.79 Å². The average molecular weight is 345 g/mol. The van der Waals surface area contributed by atoms with E-state index in [2.05, 4.69) is 16.9 Å². The van der Waals surface area contributed by atoms with Crippen molar-refractivity contribution in [1.29, 1.82) is 0 Å². The van der Waals surface area contributed by atoms with Gasteiger partial charge in [0.15, 0.2) is 0 Å². The second-order valence-electron chi connectivity index (χ2n) is 7.54. The Morgan fingerprint density at radius 1 is 1.17 bits per heavy atom. The largest absolute Gasteiger partial charge is 0.444 e. The Balaban J connectivity index is 2.12. The molecule has 23 heavy (non-hydrogen) atoms. The summed E-state index contributed by atoms with van der Waals surface area (Å²) in [5.41, 5.74) is -0.423. The lowest BCUT2D eigenvalue weighted by molar-refractivity contribution is 0.0517. The van der Waals surface area contributed by atoms with E-state index in [4.69, 9.17) is 4.74 Å². The summed E-state index contributed by atoms with van der Waals surface area (Å²) in [6, 6.07) is 0.552. The number of amides is 1. The van der Waals surface area contributed by atoms with E-state index < -0.39 is 5.60 Å². The molecule has 2 N–H and O–H groups in total. The quantitative estimate of drug-likeness (QED) is 0.583. The van der Waals surface area contributed by atoms with Gasteiger partial charge in [0.05, 0.1) is 0 Å². The summed E-state index contributed by atoms with van der Waals surface area (Å²) in [7, 11) is 0. The summed E-state index contributed by atoms with van der Waals surface area (Å²) in [6.45, 7) is 7.51. The first-order valence-corrected chi connectivity index (χ1v) is 10.5. The monoisotopic (exact) mass is 344 g/mol. The number of thioether (sulfide) groups is 1. The van der Waals surface area contributed by atoms with Gasteiger partial charge in [-0.15, -0.1) is 0 Å². The van der Waals surface area contributed by atoms with Crippen LogP contribution in [0.15, 0.2) is 0 Å². The first-order valence-electron chi connectivity index (χ1n) is 9.11. The predicted octanol–water partition coefficient (Wildman–Crippen LogP) is 4.19. The number of ether oxygens (including phenoxy) is 1. The molecule has 2 atom stereocenters. The topological polar surface area (TPSA) is 50.4 Å². The van der Waals surface area contributed by atoms with Gasteiger partial charge in [-0.05, 0) is 70.9 Å². The lowest BCUT2D eigenvalue weighted by atomic mass is 10.0. The molecule has 136 valence electrons. The molecule has 0 bridgehead atoms. The highest BCUT2D eigenvalue weighted by molar-refractivity contribution is 7.98. The van der Waals surface area contributed by atoms with Gasteiger partial charge in [0, 0.05) is 12.6 Å². The third-order valence-corrected chi connectivity index (χ3v) is 4.95. The van der Waals surface area contributed by atoms with E-state index in [0.29, 0.717) is 12.0 Å². The molecule has 4 nitrogen and oxygen atoms in total. The van der Waals surface area contributed by atoms with Gasteiger partial charge < -0.3 is 15.4 Å². The Morgan fingerprint density at radius 2 is 1.91 bits per heavy atom. The molecule has 0 saturated heterocycles. The molecule has 1 aliphatic rings. The van der Waals surface area contributed by atoms with Crippen LogP contribution in [0.4, 0.5) is 4.79 Å². The number of hydrogen-bond donors (Lipinski definition) is 2. The van der Waals surface area contributed by atoms with Crippen molar-refractivity contribution in [3.63, 3.8) is 0 Å². The van der Waals surface area contributed by atoms with Crippen molar-refractivity contribution in [2.75, 3.05) is 25.1 Å². The summed E-state index contributed by atoms with van der Waals surface area (Å²) in [5.74, 6) is 1.83. The molecule has 1 fully saturated rings. The molecule has 0 aromatic rings. The first-order chi connectivity index (χ1) is 10.9. The van der Waals surface area contributed by atoms with Crippen molar-refractivity contribution < 1.29 is 9.53 Å². The zero-order valence-electron chi connectivity index (χ0n) is 15.5. The molecule has 0 spiro atoms. The number of nitrogens with one attached hydrogen (secondary N) is 2.